The quantitative estimate of drug-likeness (QED) is 0.205. The second-order valence-corrected chi connectivity index (χ2v) is 12.9. The number of hydrogen-bond donors (Lipinski definition) is 6. The van der Waals surface area contributed by atoms with E-state index < -0.39 is 30.4 Å². The van der Waals surface area contributed by atoms with Crippen LogP contribution in [0.1, 0.15) is 89.0 Å². The van der Waals surface area contributed by atoms with Crippen LogP contribution in [0.3, 0.4) is 0 Å². The summed E-state index contributed by atoms with van der Waals surface area (Å²) < 4.78 is 0. The van der Waals surface area contributed by atoms with E-state index in [1.165, 1.54) is 6.42 Å². The summed E-state index contributed by atoms with van der Waals surface area (Å²) in [4.78, 5) is 40.8. The highest BCUT2D eigenvalue weighted by Gasteiger charge is 2.36. The molecule has 1 heterocycles. The van der Waals surface area contributed by atoms with Gasteiger partial charge in [0, 0.05) is 32.5 Å². The average molecular weight is 601 g/mol. The Morgan fingerprint density at radius 2 is 1.51 bits per heavy atom. The number of carbonyl (C=O) groups is 3. The van der Waals surface area contributed by atoms with Crippen molar-refractivity contribution in [3.8, 4) is 0 Å². The molecule has 1 aromatic carbocycles. The van der Waals surface area contributed by atoms with Crippen molar-refractivity contribution in [2.24, 2.45) is 11.8 Å². The lowest BCUT2D eigenvalue weighted by atomic mass is 9.81. The molecule has 2 aliphatic carbocycles. The van der Waals surface area contributed by atoms with Crippen molar-refractivity contribution in [3.05, 3.63) is 35.9 Å². The Bertz CT molecular complexity index is 1010. The number of aliphatic hydroxyl groups is 3. The van der Waals surface area contributed by atoms with E-state index in [-0.39, 0.29) is 36.7 Å². The van der Waals surface area contributed by atoms with Gasteiger partial charge < -0.3 is 36.2 Å². The number of nitrogens with zero attached hydrogens (tertiary/aromatic N) is 1. The Morgan fingerprint density at radius 1 is 0.860 bits per heavy atom. The summed E-state index contributed by atoms with van der Waals surface area (Å²) in [5.74, 6) is -0.187. The first-order valence-electron chi connectivity index (χ1n) is 16.5. The summed E-state index contributed by atoms with van der Waals surface area (Å²) in [5, 5.41) is 40.5. The molecule has 0 radical (unpaired) electrons. The SMILES string of the molecule is O=C(CCNC(=O)[C@H](Cc1ccccc1)NC(=O)N1CCC(O)CC1)N[C@@H](CC1CCCCC1)[C@@H](O)[C@@H](O)C1CCCC1. The number of rotatable bonds is 13. The van der Waals surface area contributed by atoms with Crippen molar-refractivity contribution >= 4 is 17.8 Å². The zero-order valence-electron chi connectivity index (χ0n) is 25.5. The monoisotopic (exact) mass is 600 g/mol. The molecule has 3 aliphatic rings. The van der Waals surface area contributed by atoms with Gasteiger partial charge in [-0.2, -0.15) is 0 Å². The first-order chi connectivity index (χ1) is 20.8. The highest BCUT2D eigenvalue weighted by molar-refractivity contribution is 5.87. The van der Waals surface area contributed by atoms with Crippen molar-refractivity contribution in [1.82, 2.24) is 20.9 Å². The summed E-state index contributed by atoms with van der Waals surface area (Å²) in [7, 11) is 0. The van der Waals surface area contributed by atoms with Crippen LogP contribution in [-0.4, -0.2) is 88.1 Å². The van der Waals surface area contributed by atoms with E-state index in [2.05, 4.69) is 16.0 Å². The molecule has 43 heavy (non-hydrogen) atoms. The molecular weight excluding hydrogens is 548 g/mol. The first kappa shape index (κ1) is 33.2. The Hall–Kier alpha value is -2.69. The largest absolute Gasteiger partial charge is 0.393 e. The molecule has 3 fully saturated rings. The third-order valence-electron chi connectivity index (χ3n) is 9.60. The molecule has 0 aromatic heterocycles. The van der Waals surface area contributed by atoms with Crippen LogP contribution in [-0.2, 0) is 16.0 Å². The number of amides is 4. The molecule has 4 rings (SSSR count). The summed E-state index contributed by atoms with van der Waals surface area (Å²) in [5.41, 5.74) is 0.898. The molecule has 240 valence electrons. The van der Waals surface area contributed by atoms with Gasteiger partial charge in [0.15, 0.2) is 0 Å². The number of carbonyl (C=O) groups excluding carboxylic acids is 3. The molecule has 0 spiro atoms. The fraction of sp³-hybridized carbons (Fsp3) is 0.727. The molecular formula is C33H52N4O6. The van der Waals surface area contributed by atoms with Gasteiger partial charge >= 0.3 is 6.03 Å². The zero-order chi connectivity index (χ0) is 30.6. The normalized spacial score (nSPS) is 21.5. The Kier molecular flexibility index (Phi) is 13.1. The number of hydrogen-bond acceptors (Lipinski definition) is 6. The number of nitrogens with one attached hydrogen (secondary N) is 3. The predicted molar refractivity (Wildman–Crippen MR) is 164 cm³/mol. The van der Waals surface area contributed by atoms with Crippen molar-refractivity contribution in [3.63, 3.8) is 0 Å². The number of piperidine rings is 1. The third-order valence-corrected chi connectivity index (χ3v) is 9.60. The number of aliphatic hydroxyl groups excluding tert-OH is 3. The third kappa shape index (κ3) is 10.5. The predicted octanol–water partition coefficient (Wildman–Crippen LogP) is 2.64. The lowest BCUT2D eigenvalue weighted by molar-refractivity contribution is -0.125. The van der Waals surface area contributed by atoms with Gasteiger partial charge in [0.2, 0.25) is 11.8 Å². The second-order valence-electron chi connectivity index (χ2n) is 12.9. The van der Waals surface area contributed by atoms with Gasteiger partial charge in [-0.25, -0.2) is 4.79 Å². The summed E-state index contributed by atoms with van der Waals surface area (Å²) in [6.45, 7) is 0.936. The van der Waals surface area contributed by atoms with E-state index in [0.29, 0.717) is 44.7 Å². The number of likely N-dealkylation sites (tertiary alicyclic amines) is 1. The molecule has 10 heteroatoms. The smallest absolute Gasteiger partial charge is 0.318 e. The summed E-state index contributed by atoms with van der Waals surface area (Å²) in [6, 6.07) is 7.74. The van der Waals surface area contributed by atoms with Crippen LogP contribution < -0.4 is 16.0 Å². The minimum Gasteiger partial charge on any atom is -0.393 e. The zero-order valence-corrected chi connectivity index (χ0v) is 25.5. The molecule has 0 unspecified atom stereocenters. The summed E-state index contributed by atoms with van der Waals surface area (Å²) >= 11 is 0. The van der Waals surface area contributed by atoms with E-state index in [1.807, 2.05) is 30.3 Å². The van der Waals surface area contributed by atoms with Crippen molar-refractivity contribution < 1.29 is 29.7 Å². The van der Waals surface area contributed by atoms with Crippen LogP contribution in [0.15, 0.2) is 30.3 Å². The molecule has 10 nitrogen and oxygen atoms in total. The molecule has 1 aliphatic heterocycles. The van der Waals surface area contributed by atoms with Crippen molar-refractivity contribution in [1.29, 1.82) is 0 Å². The van der Waals surface area contributed by atoms with Crippen LogP contribution >= 0.6 is 0 Å². The first-order valence-corrected chi connectivity index (χ1v) is 16.5. The van der Waals surface area contributed by atoms with E-state index in [0.717, 1.165) is 56.9 Å². The minimum atomic E-state index is -1.02. The maximum Gasteiger partial charge on any atom is 0.318 e. The van der Waals surface area contributed by atoms with Gasteiger partial charge in [-0.15, -0.1) is 0 Å². The van der Waals surface area contributed by atoms with Gasteiger partial charge in [-0.05, 0) is 49.5 Å². The van der Waals surface area contributed by atoms with E-state index in [1.54, 1.807) is 4.90 Å². The van der Waals surface area contributed by atoms with Crippen molar-refractivity contribution in [2.45, 2.75) is 120 Å². The molecule has 0 bridgehead atoms. The lowest BCUT2D eigenvalue weighted by Crippen LogP contribution is -2.54. The maximum absolute atomic E-state index is 13.2. The average Bonchev–Trinajstić information content (AvgIpc) is 3.56. The van der Waals surface area contributed by atoms with Gasteiger partial charge in [0.05, 0.1) is 18.2 Å². The van der Waals surface area contributed by atoms with E-state index in [9.17, 15) is 29.7 Å². The molecule has 2 saturated carbocycles. The van der Waals surface area contributed by atoms with Crippen LogP contribution in [0.25, 0.3) is 0 Å². The van der Waals surface area contributed by atoms with E-state index in [4.69, 9.17) is 0 Å². The fourth-order valence-corrected chi connectivity index (χ4v) is 6.95. The minimum absolute atomic E-state index is 0.0230. The van der Waals surface area contributed by atoms with Gasteiger partial charge in [0.1, 0.15) is 12.1 Å². The summed E-state index contributed by atoms with van der Waals surface area (Å²) in [6.07, 6.45) is 9.25. The lowest BCUT2D eigenvalue weighted by Gasteiger charge is -2.34. The Morgan fingerprint density at radius 3 is 2.19 bits per heavy atom. The Labute approximate surface area is 256 Å². The standard InChI is InChI=1S/C33H52N4O6/c38-26-16-19-37(20-17-26)33(43)36-28(22-24-11-5-2-6-12-24)32(42)34-18-15-29(39)35-27(21-23-9-3-1-4-10-23)31(41)30(40)25-13-7-8-14-25/h2,5-6,11-12,23,25-28,30-31,38,40-41H,1,3-4,7-10,13-22H2,(H,34,42)(H,35,39)(H,36,43)/t27-,28-,30-,31+/m0/s1. The number of urea groups is 1. The second kappa shape index (κ2) is 17.0. The van der Waals surface area contributed by atoms with Crippen LogP contribution in [0.2, 0.25) is 0 Å². The molecule has 1 aromatic rings. The van der Waals surface area contributed by atoms with Crippen LogP contribution in [0.4, 0.5) is 4.79 Å². The van der Waals surface area contributed by atoms with Crippen molar-refractivity contribution in [2.75, 3.05) is 19.6 Å². The van der Waals surface area contributed by atoms with Crippen LogP contribution in [0, 0.1) is 11.8 Å². The Balaban J connectivity index is 1.31. The van der Waals surface area contributed by atoms with E-state index >= 15 is 0 Å². The topological polar surface area (TPSA) is 151 Å². The maximum atomic E-state index is 13.2. The highest BCUT2D eigenvalue weighted by atomic mass is 16.3. The molecule has 6 N–H and O–H groups in total. The molecule has 4 atom stereocenters. The molecule has 4 amide bonds. The number of benzene rings is 1. The van der Waals surface area contributed by atoms with Gasteiger partial charge in [-0.1, -0.05) is 75.3 Å². The van der Waals surface area contributed by atoms with Gasteiger partial charge in [-0.3, -0.25) is 9.59 Å². The molecule has 1 saturated heterocycles. The fourth-order valence-electron chi connectivity index (χ4n) is 6.95. The van der Waals surface area contributed by atoms with Crippen LogP contribution in [0.5, 0.6) is 0 Å². The van der Waals surface area contributed by atoms with Gasteiger partial charge in [0.25, 0.3) is 0 Å². The highest BCUT2D eigenvalue weighted by Crippen LogP contribution is 2.32.